The van der Waals surface area contributed by atoms with Crippen molar-refractivity contribution >= 4 is 11.6 Å². The Bertz CT molecular complexity index is 234. The molecule has 0 aliphatic carbocycles. The number of allylic oxidation sites excluding steroid dienone is 4. The molecule has 105 valence electrons. The molecule has 1 radical (unpaired) electrons. The van der Waals surface area contributed by atoms with Gasteiger partial charge in [-0.05, 0) is 27.7 Å². The van der Waals surface area contributed by atoms with Crippen molar-refractivity contribution < 1.29 is 47.5 Å². The van der Waals surface area contributed by atoms with E-state index in [9.17, 15) is 9.59 Å². The molecule has 0 aromatic heterocycles. The van der Waals surface area contributed by atoms with Crippen LogP contribution in [0.25, 0.3) is 0 Å². The van der Waals surface area contributed by atoms with Crippen LogP contribution in [0.4, 0.5) is 0 Å². The summed E-state index contributed by atoms with van der Waals surface area (Å²) in [6.07, 6.45) is 2.33. The van der Waals surface area contributed by atoms with Gasteiger partial charge in [0, 0.05) is 28.9 Å². The molecule has 0 fully saturated rings. The minimum Gasteiger partial charge on any atom is -0.512 e. The van der Waals surface area contributed by atoms with Crippen LogP contribution in [0, 0.1) is 0 Å². The molecule has 0 aromatic carbocycles. The van der Waals surface area contributed by atoms with E-state index < -0.39 is 0 Å². The van der Waals surface area contributed by atoms with Crippen LogP contribution in [0.5, 0.6) is 0 Å². The second-order valence-electron chi connectivity index (χ2n) is 2.79. The summed E-state index contributed by atoms with van der Waals surface area (Å²) in [6.45, 7) is 5.70. The molecule has 0 aliphatic heterocycles. The van der Waals surface area contributed by atoms with Crippen LogP contribution in [-0.2, 0) is 26.4 Å². The van der Waals surface area contributed by atoms with E-state index in [1.807, 2.05) is 0 Å². The number of rotatable bonds is 2. The minimum absolute atomic E-state index is 0. The number of carbonyl (C=O) groups is 2. The number of ketones is 2. The van der Waals surface area contributed by atoms with E-state index in [1.54, 1.807) is 0 Å². The fraction of sp³-hybridized carbons (Fsp3) is 0.400. The number of aliphatic hydroxyl groups excluding tert-OH is 2. The number of aliphatic hydroxyl groups is 2. The Balaban J connectivity index is -0.0000000480. The fourth-order valence-corrected chi connectivity index (χ4v) is 0.588. The molecule has 0 unspecified atom stereocenters. The van der Waals surface area contributed by atoms with E-state index in [0.29, 0.717) is 0 Å². The molecular formula is C10H20CoO6. The maximum absolute atomic E-state index is 10.0. The van der Waals surface area contributed by atoms with Crippen molar-refractivity contribution in [2.45, 2.75) is 27.7 Å². The normalized spacial score (nSPS) is 9.41. The zero-order valence-corrected chi connectivity index (χ0v) is 11.2. The van der Waals surface area contributed by atoms with Crippen molar-refractivity contribution in [3.63, 3.8) is 0 Å². The zero-order valence-electron chi connectivity index (χ0n) is 10.2. The summed E-state index contributed by atoms with van der Waals surface area (Å²) in [6, 6.07) is 0. The zero-order chi connectivity index (χ0) is 11.7. The SMILES string of the molecule is CC(=O)/C=C(/C)O.CC(=O)/C=C(/C)O.O.O.[Co]. The summed E-state index contributed by atoms with van der Waals surface area (Å²) in [5.41, 5.74) is 0. The predicted octanol–water partition coefficient (Wildman–Crippen LogP) is 0.422. The largest absolute Gasteiger partial charge is 0.512 e. The molecule has 6 nitrogen and oxygen atoms in total. The van der Waals surface area contributed by atoms with Gasteiger partial charge in [-0.3, -0.25) is 9.59 Å². The fourth-order valence-electron chi connectivity index (χ4n) is 0.588. The summed E-state index contributed by atoms with van der Waals surface area (Å²) >= 11 is 0. The van der Waals surface area contributed by atoms with Gasteiger partial charge in [0.05, 0.1) is 11.5 Å². The molecule has 0 aliphatic rings. The molecule has 0 heterocycles. The molecule has 0 spiro atoms. The Morgan fingerprint density at radius 2 is 0.941 bits per heavy atom. The molecule has 0 aromatic rings. The van der Waals surface area contributed by atoms with Gasteiger partial charge >= 0.3 is 0 Å². The van der Waals surface area contributed by atoms with Gasteiger partial charge in [0.25, 0.3) is 0 Å². The molecule has 7 heteroatoms. The summed E-state index contributed by atoms with van der Waals surface area (Å²) < 4.78 is 0. The molecule has 0 amide bonds. The average molecular weight is 295 g/mol. The average Bonchev–Trinajstić information content (AvgIpc) is 1.79. The van der Waals surface area contributed by atoms with Crippen LogP contribution in [0.1, 0.15) is 27.7 Å². The van der Waals surface area contributed by atoms with Crippen molar-refractivity contribution in [3.05, 3.63) is 23.7 Å². The monoisotopic (exact) mass is 295 g/mol. The van der Waals surface area contributed by atoms with Crippen LogP contribution < -0.4 is 0 Å². The first kappa shape index (κ1) is 29.7. The van der Waals surface area contributed by atoms with Crippen LogP contribution in [0.2, 0.25) is 0 Å². The van der Waals surface area contributed by atoms with Gasteiger partial charge in [-0.1, -0.05) is 0 Å². The maximum Gasteiger partial charge on any atom is 0.155 e. The Hall–Kier alpha value is -1.15. The van der Waals surface area contributed by atoms with Crippen LogP contribution in [0.15, 0.2) is 23.7 Å². The molecule has 17 heavy (non-hydrogen) atoms. The summed E-state index contributed by atoms with van der Waals surface area (Å²) in [7, 11) is 0. The molecule has 0 atom stereocenters. The minimum atomic E-state index is -0.125. The second kappa shape index (κ2) is 17.2. The van der Waals surface area contributed by atoms with Crippen LogP contribution in [-0.4, -0.2) is 32.7 Å². The van der Waals surface area contributed by atoms with Crippen molar-refractivity contribution in [2.75, 3.05) is 0 Å². The van der Waals surface area contributed by atoms with E-state index in [1.165, 1.54) is 39.8 Å². The first-order valence-electron chi connectivity index (χ1n) is 4.01. The van der Waals surface area contributed by atoms with Gasteiger partial charge in [0.15, 0.2) is 11.6 Å². The van der Waals surface area contributed by atoms with Crippen molar-refractivity contribution in [1.29, 1.82) is 0 Å². The quantitative estimate of drug-likeness (QED) is 0.563. The maximum atomic E-state index is 10.0. The smallest absolute Gasteiger partial charge is 0.155 e. The Labute approximate surface area is 111 Å². The number of carbonyl (C=O) groups excluding carboxylic acids is 2. The Kier molecular flexibility index (Phi) is 30.1. The first-order chi connectivity index (χ1) is 6.25. The molecular weight excluding hydrogens is 275 g/mol. The molecule has 0 saturated carbocycles. The summed E-state index contributed by atoms with van der Waals surface area (Å²) in [5, 5.41) is 16.7. The number of hydrogen-bond donors (Lipinski definition) is 2. The third kappa shape index (κ3) is 52.3. The third-order valence-corrected chi connectivity index (χ3v) is 0.824. The van der Waals surface area contributed by atoms with Gasteiger partial charge in [0.1, 0.15) is 0 Å². The second-order valence-corrected chi connectivity index (χ2v) is 2.79. The summed E-state index contributed by atoms with van der Waals surface area (Å²) in [5.74, 6) is -0.125. The molecule has 6 N–H and O–H groups in total. The van der Waals surface area contributed by atoms with Crippen molar-refractivity contribution in [2.24, 2.45) is 0 Å². The van der Waals surface area contributed by atoms with E-state index in [0.717, 1.165) is 0 Å². The van der Waals surface area contributed by atoms with Gasteiger partial charge < -0.3 is 21.2 Å². The standard InChI is InChI=1S/2C5H8O2.Co.2H2O/c2*1-4(6)3-5(2)7;;;/h2*3,6H,1-2H3;;2*1H2/b2*4-3-;;;. The van der Waals surface area contributed by atoms with E-state index in [-0.39, 0.29) is 50.8 Å². The summed E-state index contributed by atoms with van der Waals surface area (Å²) in [4.78, 5) is 20.0. The molecule has 0 saturated heterocycles. The Morgan fingerprint density at radius 1 is 0.765 bits per heavy atom. The van der Waals surface area contributed by atoms with Gasteiger partial charge in [0.2, 0.25) is 0 Å². The predicted molar refractivity (Wildman–Crippen MR) is 61.4 cm³/mol. The van der Waals surface area contributed by atoms with E-state index in [4.69, 9.17) is 10.2 Å². The van der Waals surface area contributed by atoms with Crippen LogP contribution >= 0.6 is 0 Å². The molecule has 0 bridgehead atoms. The van der Waals surface area contributed by atoms with Crippen LogP contribution in [0.3, 0.4) is 0 Å². The van der Waals surface area contributed by atoms with Gasteiger partial charge in [-0.15, -0.1) is 0 Å². The molecule has 0 rings (SSSR count). The first-order valence-corrected chi connectivity index (χ1v) is 4.01. The van der Waals surface area contributed by atoms with E-state index in [2.05, 4.69) is 0 Å². The number of hydrogen-bond acceptors (Lipinski definition) is 4. The third-order valence-electron chi connectivity index (χ3n) is 0.824. The van der Waals surface area contributed by atoms with Gasteiger partial charge in [-0.2, -0.15) is 0 Å². The van der Waals surface area contributed by atoms with Gasteiger partial charge in [-0.25, -0.2) is 0 Å². The van der Waals surface area contributed by atoms with Crippen molar-refractivity contribution in [1.82, 2.24) is 0 Å². The van der Waals surface area contributed by atoms with E-state index >= 15 is 0 Å². The Morgan fingerprint density at radius 3 is 0.941 bits per heavy atom. The van der Waals surface area contributed by atoms with Crippen molar-refractivity contribution in [3.8, 4) is 0 Å². The topological polar surface area (TPSA) is 138 Å².